The number of esters is 1. The molecule has 98 valence electrons. The van der Waals surface area contributed by atoms with Crippen molar-refractivity contribution in [1.29, 1.82) is 0 Å². The van der Waals surface area contributed by atoms with Gasteiger partial charge < -0.3 is 9.47 Å². The molecular formula is C15H20O3. The third kappa shape index (κ3) is 3.33. The van der Waals surface area contributed by atoms with Crippen LogP contribution in [0.2, 0.25) is 0 Å². The molecule has 0 aliphatic carbocycles. The Hall–Kier alpha value is -1.35. The first-order valence-corrected chi connectivity index (χ1v) is 6.56. The van der Waals surface area contributed by atoms with Gasteiger partial charge >= 0.3 is 5.97 Å². The van der Waals surface area contributed by atoms with E-state index in [-0.39, 0.29) is 11.9 Å². The molecule has 18 heavy (non-hydrogen) atoms. The van der Waals surface area contributed by atoms with Gasteiger partial charge in [0.2, 0.25) is 0 Å². The van der Waals surface area contributed by atoms with Gasteiger partial charge in [-0.25, -0.2) is 0 Å². The molecule has 1 aromatic rings. The van der Waals surface area contributed by atoms with E-state index in [4.69, 9.17) is 9.47 Å². The van der Waals surface area contributed by atoms with E-state index < -0.39 is 0 Å². The number of hydrogen-bond acceptors (Lipinski definition) is 3. The summed E-state index contributed by atoms with van der Waals surface area (Å²) in [6.07, 6.45) is 1.53. The van der Waals surface area contributed by atoms with Gasteiger partial charge in [0.05, 0.1) is 5.92 Å². The van der Waals surface area contributed by atoms with Gasteiger partial charge in [-0.05, 0) is 36.5 Å². The number of hydrogen-bond donors (Lipinski definition) is 0. The van der Waals surface area contributed by atoms with Gasteiger partial charge in [0.15, 0.2) is 0 Å². The predicted molar refractivity (Wildman–Crippen MR) is 69.7 cm³/mol. The zero-order chi connectivity index (χ0) is 13.0. The van der Waals surface area contributed by atoms with E-state index in [1.54, 1.807) is 0 Å². The first kappa shape index (κ1) is 13.1. The smallest absolute Gasteiger partial charge is 0.314 e. The highest BCUT2D eigenvalue weighted by molar-refractivity contribution is 5.75. The van der Waals surface area contributed by atoms with Crippen LogP contribution in [0.3, 0.4) is 0 Å². The molecule has 2 rings (SSSR count). The van der Waals surface area contributed by atoms with Crippen molar-refractivity contribution in [2.75, 3.05) is 13.2 Å². The standard InChI is InChI=1S/C15H20O3/c1-11(2)12-3-5-14(6-4-12)18-15(16)13-7-9-17-10-8-13/h3-6,11,13H,7-10H2,1-2H3. The van der Waals surface area contributed by atoms with E-state index in [2.05, 4.69) is 13.8 Å². The quantitative estimate of drug-likeness (QED) is 0.609. The molecular weight excluding hydrogens is 228 g/mol. The molecule has 1 saturated heterocycles. The number of ether oxygens (including phenoxy) is 2. The Morgan fingerprint density at radius 2 is 1.83 bits per heavy atom. The third-order valence-corrected chi connectivity index (χ3v) is 3.32. The lowest BCUT2D eigenvalue weighted by Gasteiger charge is -2.20. The molecule has 0 bridgehead atoms. The second-order valence-corrected chi connectivity index (χ2v) is 5.03. The van der Waals surface area contributed by atoms with E-state index in [0.29, 0.717) is 24.9 Å². The summed E-state index contributed by atoms with van der Waals surface area (Å²) in [4.78, 5) is 11.9. The summed E-state index contributed by atoms with van der Waals surface area (Å²) in [5.41, 5.74) is 1.25. The molecule has 1 aliphatic heterocycles. The van der Waals surface area contributed by atoms with E-state index in [1.165, 1.54) is 5.56 Å². The highest BCUT2D eigenvalue weighted by Gasteiger charge is 2.23. The minimum absolute atomic E-state index is 0.0106. The molecule has 1 fully saturated rings. The zero-order valence-corrected chi connectivity index (χ0v) is 11.0. The van der Waals surface area contributed by atoms with Gasteiger partial charge in [0, 0.05) is 13.2 Å². The van der Waals surface area contributed by atoms with E-state index in [1.807, 2.05) is 24.3 Å². The Balaban J connectivity index is 1.94. The number of benzene rings is 1. The van der Waals surface area contributed by atoms with Crippen LogP contribution in [0.25, 0.3) is 0 Å². The Labute approximate surface area is 108 Å². The minimum atomic E-state index is -0.129. The molecule has 0 unspecified atom stereocenters. The minimum Gasteiger partial charge on any atom is -0.426 e. The summed E-state index contributed by atoms with van der Waals surface area (Å²) in [6, 6.07) is 7.76. The fraction of sp³-hybridized carbons (Fsp3) is 0.533. The van der Waals surface area contributed by atoms with Gasteiger partial charge in [0.1, 0.15) is 5.75 Å². The van der Waals surface area contributed by atoms with Crippen molar-refractivity contribution in [3.05, 3.63) is 29.8 Å². The van der Waals surface area contributed by atoms with Crippen molar-refractivity contribution in [2.45, 2.75) is 32.6 Å². The maximum atomic E-state index is 11.9. The maximum absolute atomic E-state index is 11.9. The van der Waals surface area contributed by atoms with Gasteiger partial charge in [-0.15, -0.1) is 0 Å². The Bertz CT molecular complexity index is 389. The largest absolute Gasteiger partial charge is 0.426 e. The lowest BCUT2D eigenvalue weighted by Crippen LogP contribution is -2.27. The van der Waals surface area contributed by atoms with Crippen LogP contribution in [0.5, 0.6) is 5.75 Å². The number of carbonyl (C=O) groups is 1. The van der Waals surface area contributed by atoms with Crippen LogP contribution >= 0.6 is 0 Å². The zero-order valence-electron chi connectivity index (χ0n) is 11.0. The van der Waals surface area contributed by atoms with Crippen molar-refractivity contribution >= 4 is 5.97 Å². The fourth-order valence-corrected chi connectivity index (χ4v) is 2.05. The topological polar surface area (TPSA) is 35.5 Å². The van der Waals surface area contributed by atoms with Crippen LogP contribution in [0.4, 0.5) is 0 Å². The van der Waals surface area contributed by atoms with Gasteiger partial charge in [-0.2, -0.15) is 0 Å². The van der Waals surface area contributed by atoms with E-state index in [0.717, 1.165) is 12.8 Å². The lowest BCUT2D eigenvalue weighted by molar-refractivity contribution is -0.141. The molecule has 3 nitrogen and oxygen atoms in total. The first-order valence-electron chi connectivity index (χ1n) is 6.56. The number of carbonyl (C=O) groups excluding carboxylic acids is 1. The summed E-state index contributed by atoms with van der Waals surface area (Å²) in [6.45, 7) is 5.60. The first-order chi connectivity index (χ1) is 8.66. The molecule has 1 heterocycles. The second-order valence-electron chi connectivity index (χ2n) is 5.03. The van der Waals surface area contributed by atoms with E-state index >= 15 is 0 Å². The summed E-state index contributed by atoms with van der Waals surface area (Å²) < 4.78 is 10.6. The van der Waals surface area contributed by atoms with Crippen LogP contribution in [0.1, 0.15) is 38.2 Å². The van der Waals surface area contributed by atoms with Crippen molar-refractivity contribution in [1.82, 2.24) is 0 Å². The van der Waals surface area contributed by atoms with E-state index in [9.17, 15) is 4.79 Å². The van der Waals surface area contributed by atoms with Crippen LogP contribution in [0.15, 0.2) is 24.3 Å². The molecule has 0 N–H and O–H groups in total. The van der Waals surface area contributed by atoms with Crippen LogP contribution in [0, 0.1) is 5.92 Å². The fourth-order valence-electron chi connectivity index (χ4n) is 2.05. The highest BCUT2D eigenvalue weighted by Crippen LogP contribution is 2.21. The predicted octanol–water partition coefficient (Wildman–Crippen LogP) is 3.14. The maximum Gasteiger partial charge on any atom is 0.314 e. The van der Waals surface area contributed by atoms with Crippen LogP contribution in [-0.2, 0) is 9.53 Å². The van der Waals surface area contributed by atoms with Crippen molar-refractivity contribution in [3.63, 3.8) is 0 Å². The Kier molecular flexibility index (Phi) is 4.37. The lowest BCUT2D eigenvalue weighted by atomic mass is 10.0. The van der Waals surface area contributed by atoms with Gasteiger partial charge in [-0.3, -0.25) is 4.79 Å². The third-order valence-electron chi connectivity index (χ3n) is 3.32. The Morgan fingerprint density at radius 3 is 2.39 bits per heavy atom. The summed E-state index contributed by atoms with van der Waals surface area (Å²) >= 11 is 0. The molecule has 1 aliphatic rings. The molecule has 0 radical (unpaired) electrons. The molecule has 0 saturated carbocycles. The molecule has 1 aromatic carbocycles. The SMILES string of the molecule is CC(C)c1ccc(OC(=O)C2CCOCC2)cc1. The van der Waals surface area contributed by atoms with Crippen molar-refractivity contribution < 1.29 is 14.3 Å². The monoisotopic (exact) mass is 248 g/mol. The van der Waals surface area contributed by atoms with Gasteiger partial charge in [0.25, 0.3) is 0 Å². The van der Waals surface area contributed by atoms with Crippen LogP contribution < -0.4 is 4.74 Å². The average molecular weight is 248 g/mol. The molecule has 0 atom stereocenters. The summed E-state index contributed by atoms with van der Waals surface area (Å²) in [7, 11) is 0. The highest BCUT2D eigenvalue weighted by atomic mass is 16.5. The normalized spacial score (nSPS) is 16.8. The van der Waals surface area contributed by atoms with Crippen LogP contribution in [-0.4, -0.2) is 19.2 Å². The summed E-state index contributed by atoms with van der Waals surface area (Å²) in [5, 5.41) is 0. The Morgan fingerprint density at radius 1 is 1.22 bits per heavy atom. The second kappa shape index (κ2) is 6.01. The molecule has 0 amide bonds. The van der Waals surface area contributed by atoms with Crippen molar-refractivity contribution in [2.24, 2.45) is 5.92 Å². The summed E-state index contributed by atoms with van der Waals surface area (Å²) in [5.74, 6) is 0.986. The molecule has 3 heteroatoms. The molecule has 0 spiro atoms. The van der Waals surface area contributed by atoms with Gasteiger partial charge in [-0.1, -0.05) is 26.0 Å². The van der Waals surface area contributed by atoms with Crippen molar-refractivity contribution in [3.8, 4) is 5.75 Å². The molecule has 0 aromatic heterocycles. The average Bonchev–Trinajstić information content (AvgIpc) is 2.40. The number of rotatable bonds is 3.